The van der Waals surface area contributed by atoms with Gasteiger partial charge in [-0.3, -0.25) is 13.7 Å². The summed E-state index contributed by atoms with van der Waals surface area (Å²) in [4.78, 5) is 42.7. The van der Waals surface area contributed by atoms with Crippen LogP contribution in [0.4, 0.5) is 8.78 Å². The SMILES string of the molecule is O=C(O)c1ccc(-c2cn(Cc3ccc(C(F)(F)P(=O)(O)O)c(Br)c3)c(=O)n2Cc2ccccc2)cc1. The van der Waals surface area contributed by atoms with Crippen molar-refractivity contribution in [3.8, 4) is 11.3 Å². The predicted molar refractivity (Wildman–Crippen MR) is 136 cm³/mol. The van der Waals surface area contributed by atoms with E-state index in [0.717, 1.165) is 11.6 Å². The minimum absolute atomic E-state index is 0.0127. The molecule has 3 aromatic carbocycles. The smallest absolute Gasteiger partial charge is 0.399 e. The number of carboxylic acids is 1. The van der Waals surface area contributed by atoms with Crippen LogP contribution in [0.15, 0.2) is 88.3 Å². The van der Waals surface area contributed by atoms with Crippen LogP contribution in [0.5, 0.6) is 0 Å². The first-order chi connectivity index (χ1) is 17.4. The number of rotatable bonds is 8. The summed E-state index contributed by atoms with van der Waals surface area (Å²) in [6.07, 6.45) is 1.59. The Morgan fingerprint density at radius 3 is 2.16 bits per heavy atom. The van der Waals surface area contributed by atoms with Crippen molar-refractivity contribution >= 4 is 29.5 Å². The van der Waals surface area contributed by atoms with Crippen LogP contribution >= 0.6 is 23.5 Å². The van der Waals surface area contributed by atoms with Gasteiger partial charge in [0.2, 0.25) is 0 Å². The van der Waals surface area contributed by atoms with Gasteiger partial charge < -0.3 is 14.9 Å². The molecule has 0 atom stereocenters. The van der Waals surface area contributed by atoms with Gasteiger partial charge in [-0.15, -0.1) is 0 Å². The van der Waals surface area contributed by atoms with Gasteiger partial charge in [-0.1, -0.05) is 70.5 Å². The maximum atomic E-state index is 14.2. The molecule has 1 aromatic heterocycles. The molecule has 3 N–H and O–H groups in total. The molecule has 12 heteroatoms. The lowest BCUT2D eigenvalue weighted by Crippen LogP contribution is -2.25. The number of nitrogens with zero attached hydrogens (tertiary/aromatic N) is 2. The Bertz CT molecular complexity index is 1560. The van der Waals surface area contributed by atoms with Crippen molar-refractivity contribution in [3.05, 3.63) is 116 Å². The fraction of sp³-hybridized carbons (Fsp3) is 0.120. The molecule has 0 bridgehead atoms. The second-order valence-electron chi connectivity index (χ2n) is 8.28. The molecule has 0 amide bonds. The van der Waals surface area contributed by atoms with E-state index in [1.807, 2.05) is 30.3 Å². The highest BCUT2D eigenvalue weighted by molar-refractivity contribution is 9.10. The van der Waals surface area contributed by atoms with Crippen LogP contribution in [-0.4, -0.2) is 30.0 Å². The average Bonchev–Trinajstić information content (AvgIpc) is 3.14. The largest absolute Gasteiger partial charge is 0.478 e. The number of aromatic carboxylic acids is 1. The highest BCUT2D eigenvalue weighted by Crippen LogP contribution is 2.60. The van der Waals surface area contributed by atoms with E-state index >= 15 is 0 Å². The van der Waals surface area contributed by atoms with E-state index < -0.39 is 24.8 Å². The third-order valence-corrected chi connectivity index (χ3v) is 7.36. The van der Waals surface area contributed by atoms with Crippen molar-refractivity contribution in [3.63, 3.8) is 0 Å². The fourth-order valence-corrected chi connectivity index (χ4v) is 5.17. The predicted octanol–water partition coefficient (Wildman–Crippen LogP) is 5.10. The number of carboxylic acid groups (broad SMARTS) is 1. The number of hydrogen-bond donors (Lipinski definition) is 3. The monoisotopic (exact) mass is 592 g/mol. The van der Waals surface area contributed by atoms with Crippen molar-refractivity contribution in [1.82, 2.24) is 9.13 Å². The first-order valence-corrected chi connectivity index (χ1v) is 13.2. The van der Waals surface area contributed by atoms with Crippen LogP contribution in [-0.2, 0) is 23.3 Å². The number of alkyl halides is 2. The zero-order valence-electron chi connectivity index (χ0n) is 19.0. The summed E-state index contributed by atoms with van der Waals surface area (Å²) < 4.78 is 42.3. The van der Waals surface area contributed by atoms with E-state index in [-0.39, 0.29) is 28.8 Å². The van der Waals surface area contributed by atoms with E-state index in [9.17, 15) is 28.0 Å². The summed E-state index contributed by atoms with van der Waals surface area (Å²) in [6.45, 7) is 0.223. The Morgan fingerprint density at radius 1 is 0.946 bits per heavy atom. The quantitative estimate of drug-likeness (QED) is 0.245. The van der Waals surface area contributed by atoms with Crippen LogP contribution < -0.4 is 5.69 Å². The first-order valence-electron chi connectivity index (χ1n) is 10.8. The van der Waals surface area contributed by atoms with Gasteiger partial charge in [0, 0.05) is 16.2 Å². The molecule has 8 nitrogen and oxygen atoms in total. The fourth-order valence-electron chi connectivity index (χ4n) is 3.83. The molecule has 0 saturated carbocycles. The number of halogens is 3. The summed E-state index contributed by atoms with van der Waals surface area (Å²) in [5.41, 5.74) is -3.11. The lowest BCUT2D eigenvalue weighted by atomic mass is 10.1. The number of benzene rings is 3. The zero-order valence-corrected chi connectivity index (χ0v) is 21.4. The summed E-state index contributed by atoms with van der Waals surface area (Å²) in [5.74, 6) is -1.08. The van der Waals surface area contributed by atoms with Gasteiger partial charge >= 0.3 is 24.9 Å². The number of aromatic nitrogens is 2. The maximum Gasteiger partial charge on any atom is 0.399 e. The highest BCUT2D eigenvalue weighted by Gasteiger charge is 2.51. The Balaban J connectivity index is 1.74. The Labute approximate surface area is 217 Å². The van der Waals surface area contributed by atoms with Gasteiger partial charge in [0.15, 0.2) is 0 Å². The van der Waals surface area contributed by atoms with Gasteiger partial charge in [0.1, 0.15) is 0 Å². The third-order valence-electron chi connectivity index (χ3n) is 5.73. The first kappa shape index (κ1) is 26.7. The van der Waals surface area contributed by atoms with Gasteiger partial charge in [0.25, 0.3) is 0 Å². The topological polar surface area (TPSA) is 122 Å². The van der Waals surface area contributed by atoms with Crippen molar-refractivity contribution in [2.75, 3.05) is 0 Å². The molecule has 1 heterocycles. The van der Waals surface area contributed by atoms with Crippen molar-refractivity contribution in [2.45, 2.75) is 18.8 Å². The summed E-state index contributed by atoms with van der Waals surface area (Å²) in [5, 5.41) is 9.19. The molecule has 4 rings (SSSR count). The van der Waals surface area contributed by atoms with Gasteiger partial charge in [-0.2, -0.15) is 8.78 Å². The summed E-state index contributed by atoms with van der Waals surface area (Å²) >= 11 is 2.96. The van der Waals surface area contributed by atoms with Crippen LogP contribution in [0, 0.1) is 0 Å². The van der Waals surface area contributed by atoms with Crippen LogP contribution in [0.3, 0.4) is 0 Å². The number of imidazole rings is 1. The zero-order chi connectivity index (χ0) is 27.0. The van der Waals surface area contributed by atoms with Crippen molar-refractivity contribution in [2.24, 2.45) is 0 Å². The van der Waals surface area contributed by atoms with Gasteiger partial charge in [0.05, 0.1) is 24.3 Å². The molecule has 0 saturated heterocycles. The van der Waals surface area contributed by atoms with E-state index in [1.165, 1.54) is 33.4 Å². The minimum atomic E-state index is -5.75. The molecule has 0 aliphatic rings. The highest BCUT2D eigenvalue weighted by atomic mass is 79.9. The molecule has 0 radical (unpaired) electrons. The average molecular weight is 593 g/mol. The standard InChI is InChI=1S/C25H20BrF2N2O6P/c26-21-12-17(6-11-20(21)25(27,28)37(34,35)36)13-29-15-22(18-7-9-19(10-8-18)23(31)32)30(24(29)33)14-16-4-2-1-3-5-16/h1-12,15H,13-14H2,(H,31,32)(H2,34,35,36). The molecule has 0 aliphatic carbocycles. The molecule has 0 aliphatic heterocycles. The minimum Gasteiger partial charge on any atom is -0.478 e. The number of hydrogen-bond acceptors (Lipinski definition) is 3. The Hall–Kier alpha value is -3.37. The van der Waals surface area contributed by atoms with E-state index in [4.69, 9.17) is 9.79 Å². The maximum absolute atomic E-state index is 14.2. The Kier molecular flexibility index (Phi) is 7.34. The van der Waals surface area contributed by atoms with E-state index in [1.54, 1.807) is 18.3 Å². The summed E-state index contributed by atoms with van der Waals surface area (Å²) in [6, 6.07) is 18.8. The lowest BCUT2D eigenvalue weighted by Gasteiger charge is -2.19. The molecular weight excluding hydrogens is 573 g/mol. The number of carbonyl (C=O) groups is 1. The second kappa shape index (κ2) is 10.2. The van der Waals surface area contributed by atoms with Crippen LogP contribution in [0.2, 0.25) is 0 Å². The normalized spacial score (nSPS) is 12.0. The molecular formula is C25H20BrF2N2O6P. The Morgan fingerprint density at radius 2 is 1.59 bits per heavy atom. The molecule has 0 fully saturated rings. The van der Waals surface area contributed by atoms with Crippen LogP contribution in [0.25, 0.3) is 11.3 Å². The van der Waals surface area contributed by atoms with E-state index in [2.05, 4.69) is 15.9 Å². The second-order valence-corrected chi connectivity index (χ2v) is 10.8. The van der Waals surface area contributed by atoms with Crippen LogP contribution in [0.1, 0.15) is 27.0 Å². The van der Waals surface area contributed by atoms with Crippen molar-refractivity contribution in [1.29, 1.82) is 0 Å². The lowest BCUT2D eigenvalue weighted by molar-refractivity contribution is 0.0557. The van der Waals surface area contributed by atoms with Gasteiger partial charge in [-0.25, -0.2) is 9.59 Å². The molecule has 192 valence electrons. The van der Waals surface area contributed by atoms with Gasteiger partial charge in [-0.05, 0) is 34.9 Å². The molecule has 37 heavy (non-hydrogen) atoms. The third kappa shape index (κ3) is 5.50. The molecule has 4 aromatic rings. The van der Waals surface area contributed by atoms with E-state index in [0.29, 0.717) is 16.8 Å². The summed E-state index contributed by atoms with van der Waals surface area (Å²) in [7, 11) is -5.75. The molecule has 0 spiro atoms. The van der Waals surface area contributed by atoms with Crippen molar-refractivity contribution < 1.29 is 33.0 Å². The molecule has 0 unspecified atom stereocenters.